The minimum absolute atomic E-state index is 0.0335. The van der Waals surface area contributed by atoms with Crippen LogP contribution in [0.5, 0.6) is 0 Å². The number of ketones is 1. The number of carbonyl (C=O) groups is 2. The summed E-state index contributed by atoms with van der Waals surface area (Å²) in [6, 6.07) is 0. The van der Waals surface area contributed by atoms with E-state index in [9.17, 15) is 19.8 Å². The average Bonchev–Trinajstić information content (AvgIpc) is 3.29. The molecule has 8 nitrogen and oxygen atoms in total. The third kappa shape index (κ3) is 3.88. The van der Waals surface area contributed by atoms with Crippen molar-refractivity contribution in [1.82, 2.24) is 0 Å². The number of carbonyl (C=O) groups excluding carboxylic acids is 2. The predicted octanol–water partition coefficient (Wildman–Crippen LogP) is 3.32. The molecule has 0 unspecified atom stereocenters. The number of esters is 1. The Morgan fingerprint density at radius 3 is 2.55 bits per heavy atom. The van der Waals surface area contributed by atoms with Crippen molar-refractivity contribution in [2.24, 2.45) is 34.0 Å². The SMILES string of the molecule is CO[C@@H]1C[C@H](O[C@H]2CC[C@@]3(C)[C@@H](C2)[C@H](O)C[C@@]24CC[C@H](C5=CC(=O)OC5)[C@@](C)(CC[C@@H]23)C4=O)O[C@H](C)[C@@H]1O. The van der Waals surface area contributed by atoms with Crippen molar-refractivity contribution < 1.29 is 38.7 Å². The van der Waals surface area contributed by atoms with E-state index in [1.807, 2.05) is 6.92 Å². The average molecular weight is 533 g/mol. The van der Waals surface area contributed by atoms with Gasteiger partial charge >= 0.3 is 5.97 Å². The zero-order valence-corrected chi connectivity index (χ0v) is 23.2. The smallest absolute Gasteiger partial charge is 0.331 e. The molecule has 0 aromatic rings. The van der Waals surface area contributed by atoms with Crippen molar-refractivity contribution >= 4 is 11.8 Å². The second-order valence-corrected chi connectivity index (χ2v) is 13.6. The van der Waals surface area contributed by atoms with Gasteiger partial charge in [0.2, 0.25) is 0 Å². The first-order chi connectivity index (χ1) is 18.0. The molecule has 0 radical (unpaired) electrons. The van der Waals surface area contributed by atoms with Gasteiger partial charge in [-0.1, -0.05) is 13.8 Å². The maximum Gasteiger partial charge on any atom is 0.331 e. The van der Waals surface area contributed by atoms with Crippen LogP contribution in [-0.4, -0.2) is 72.5 Å². The molecule has 4 aliphatic carbocycles. The Kier molecular flexibility index (Phi) is 6.63. The minimum atomic E-state index is -0.673. The number of fused-ring (bicyclic) bond motifs is 3. The van der Waals surface area contributed by atoms with Gasteiger partial charge in [0.25, 0.3) is 0 Å². The van der Waals surface area contributed by atoms with Gasteiger partial charge in [-0.25, -0.2) is 4.79 Å². The molecule has 2 N–H and O–H groups in total. The van der Waals surface area contributed by atoms with Crippen LogP contribution in [0.4, 0.5) is 0 Å². The zero-order chi connectivity index (χ0) is 27.0. The van der Waals surface area contributed by atoms with Gasteiger partial charge < -0.3 is 29.2 Å². The van der Waals surface area contributed by atoms with E-state index in [0.717, 1.165) is 50.5 Å². The Morgan fingerprint density at radius 1 is 1.05 bits per heavy atom. The molecule has 1 saturated heterocycles. The fraction of sp³-hybridized carbons (Fsp3) is 0.867. The Hall–Kier alpha value is -1.32. The minimum Gasteiger partial charge on any atom is -0.458 e. The van der Waals surface area contributed by atoms with Gasteiger partial charge in [-0.05, 0) is 87.0 Å². The molecule has 2 aliphatic heterocycles. The van der Waals surface area contributed by atoms with Gasteiger partial charge in [0.05, 0.1) is 24.4 Å². The first kappa shape index (κ1) is 26.9. The molecule has 8 heteroatoms. The van der Waals surface area contributed by atoms with Crippen LogP contribution in [0.25, 0.3) is 0 Å². The molecule has 2 heterocycles. The van der Waals surface area contributed by atoms with Crippen molar-refractivity contribution in [1.29, 1.82) is 0 Å². The largest absolute Gasteiger partial charge is 0.458 e. The molecule has 1 spiro atoms. The summed E-state index contributed by atoms with van der Waals surface area (Å²) in [6.45, 7) is 6.56. The van der Waals surface area contributed by atoms with Gasteiger partial charge in [0.1, 0.15) is 18.5 Å². The number of cyclic esters (lactones) is 1. The molecule has 12 atom stereocenters. The van der Waals surface area contributed by atoms with Crippen LogP contribution < -0.4 is 0 Å². The van der Waals surface area contributed by atoms with E-state index < -0.39 is 29.3 Å². The Labute approximate surface area is 225 Å². The van der Waals surface area contributed by atoms with Crippen molar-refractivity contribution in [2.75, 3.05) is 13.7 Å². The number of ether oxygens (including phenoxy) is 4. The fourth-order valence-electron chi connectivity index (χ4n) is 9.93. The molecule has 0 aromatic carbocycles. The number of methoxy groups -OCH3 is 1. The van der Waals surface area contributed by atoms with Crippen LogP contribution in [0.2, 0.25) is 0 Å². The number of hydrogen-bond donors (Lipinski definition) is 2. The zero-order valence-electron chi connectivity index (χ0n) is 23.2. The maximum atomic E-state index is 14.4. The summed E-state index contributed by atoms with van der Waals surface area (Å²) < 4.78 is 23.0. The summed E-state index contributed by atoms with van der Waals surface area (Å²) in [7, 11) is 1.60. The van der Waals surface area contributed by atoms with E-state index in [2.05, 4.69) is 13.8 Å². The van der Waals surface area contributed by atoms with E-state index in [1.54, 1.807) is 13.2 Å². The second kappa shape index (κ2) is 9.37. The summed E-state index contributed by atoms with van der Waals surface area (Å²) in [4.78, 5) is 26.2. The fourth-order valence-corrected chi connectivity index (χ4v) is 9.93. The molecule has 6 rings (SSSR count). The lowest BCUT2D eigenvalue weighted by Gasteiger charge is -2.67. The van der Waals surface area contributed by atoms with Crippen molar-refractivity contribution in [3.8, 4) is 0 Å². The molecular formula is C30H44O8. The van der Waals surface area contributed by atoms with Crippen LogP contribution in [0.3, 0.4) is 0 Å². The van der Waals surface area contributed by atoms with Crippen LogP contribution in [0.1, 0.15) is 78.6 Å². The lowest BCUT2D eigenvalue weighted by Crippen LogP contribution is -2.67. The Bertz CT molecular complexity index is 1010. The van der Waals surface area contributed by atoms with E-state index in [-0.39, 0.29) is 47.4 Å². The molecule has 0 aromatic heterocycles. The third-order valence-electron chi connectivity index (χ3n) is 11.9. The Morgan fingerprint density at radius 2 is 1.84 bits per heavy atom. The third-order valence-corrected chi connectivity index (χ3v) is 11.9. The molecule has 0 amide bonds. The Balaban J connectivity index is 1.19. The molecule has 38 heavy (non-hydrogen) atoms. The van der Waals surface area contributed by atoms with Crippen molar-refractivity contribution in [3.05, 3.63) is 11.6 Å². The maximum absolute atomic E-state index is 14.4. The molecule has 5 fully saturated rings. The second-order valence-electron chi connectivity index (χ2n) is 13.6. The van der Waals surface area contributed by atoms with E-state index in [1.165, 1.54) is 0 Å². The molecule has 212 valence electrons. The highest BCUT2D eigenvalue weighted by Crippen LogP contribution is 2.70. The predicted molar refractivity (Wildman–Crippen MR) is 137 cm³/mol. The molecule has 6 aliphatic rings. The van der Waals surface area contributed by atoms with Crippen molar-refractivity contribution in [3.63, 3.8) is 0 Å². The van der Waals surface area contributed by atoms with Crippen molar-refractivity contribution in [2.45, 2.75) is 115 Å². The first-order valence-electron chi connectivity index (χ1n) is 14.6. The molecule has 2 bridgehead atoms. The highest BCUT2D eigenvalue weighted by molar-refractivity contribution is 5.94. The van der Waals surface area contributed by atoms with Crippen LogP contribution in [0, 0.1) is 34.0 Å². The monoisotopic (exact) mass is 532 g/mol. The number of aliphatic hydroxyl groups excluding tert-OH is 2. The van der Waals surface area contributed by atoms with Gasteiger partial charge in [-0.2, -0.15) is 0 Å². The summed E-state index contributed by atoms with van der Waals surface area (Å²) in [5.41, 5.74) is -0.149. The highest BCUT2D eigenvalue weighted by atomic mass is 16.7. The normalized spacial score (nSPS) is 52.6. The number of aliphatic hydroxyl groups is 2. The topological polar surface area (TPSA) is 112 Å². The summed E-state index contributed by atoms with van der Waals surface area (Å²) in [5.74, 6) is 0.380. The standard InChI is InChI=1S/C30H44O8/c1-16-26(33)22(35-4)13-25(37-16)38-18-5-8-28(2)20(12-18)21(31)14-30-10-6-19(17-11-24(32)36-15-17)29(3,27(30)34)9-7-23(28)30/h11,16,18-23,25-26,31,33H,5-10,12-15H2,1-4H3/t16-,18+,19-,20+,21-,22-,23-,25+,26+,28+,29-,30+/m1/s1. The number of Topliss-reactive ketones (excluding diaryl/α,β-unsaturated/α-hetero) is 1. The lowest BCUT2D eigenvalue weighted by molar-refractivity contribution is -0.276. The number of rotatable bonds is 4. The highest BCUT2D eigenvalue weighted by Gasteiger charge is 2.69. The van der Waals surface area contributed by atoms with E-state index in [4.69, 9.17) is 18.9 Å². The van der Waals surface area contributed by atoms with Gasteiger partial charge in [0.15, 0.2) is 6.29 Å². The van der Waals surface area contributed by atoms with Crippen LogP contribution in [-0.2, 0) is 28.5 Å². The van der Waals surface area contributed by atoms with E-state index >= 15 is 0 Å². The summed E-state index contributed by atoms with van der Waals surface area (Å²) in [6.07, 6.45) is 6.18. The summed E-state index contributed by atoms with van der Waals surface area (Å²) in [5, 5.41) is 21.9. The van der Waals surface area contributed by atoms with Gasteiger partial charge in [0, 0.05) is 30.4 Å². The quantitative estimate of drug-likeness (QED) is 0.419. The van der Waals surface area contributed by atoms with Gasteiger partial charge in [-0.3, -0.25) is 4.79 Å². The number of hydrogen-bond acceptors (Lipinski definition) is 8. The molecule has 4 saturated carbocycles. The lowest BCUT2D eigenvalue weighted by atomic mass is 9.36. The summed E-state index contributed by atoms with van der Waals surface area (Å²) >= 11 is 0. The van der Waals surface area contributed by atoms with Crippen LogP contribution >= 0.6 is 0 Å². The first-order valence-corrected chi connectivity index (χ1v) is 14.6. The van der Waals surface area contributed by atoms with E-state index in [0.29, 0.717) is 25.2 Å². The van der Waals surface area contributed by atoms with Crippen LogP contribution in [0.15, 0.2) is 11.6 Å². The molecular weight excluding hydrogens is 488 g/mol. The van der Waals surface area contributed by atoms with Gasteiger partial charge in [-0.15, -0.1) is 0 Å².